The van der Waals surface area contributed by atoms with Gasteiger partial charge in [0, 0.05) is 30.1 Å². The number of carbonyl (C=O) groups excluding carboxylic acids is 1. The summed E-state index contributed by atoms with van der Waals surface area (Å²) < 4.78 is 43.6. The van der Waals surface area contributed by atoms with Crippen LogP contribution in [0.2, 0.25) is 10.0 Å². The Morgan fingerprint density at radius 2 is 1.83 bits per heavy atom. The number of anilines is 1. The van der Waals surface area contributed by atoms with E-state index in [-0.39, 0.29) is 54.1 Å². The van der Waals surface area contributed by atoms with Crippen LogP contribution < -0.4 is 15.4 Å². The summed E-state index contributed by atoms with van der Waals surface area (Å²) in [7, 11) is 0. The molecule has 0 spiro atoms. The number of alkyl halides is 2. The molecule has 3 aromatic heterocycles. The van der Waals surface area contributed by atoms with Crippen molar-refractivity contribution in [1.82, 2.24) is 15.3 Å². The summed E-state index contributed by atoms with van der Waals surface area (Å²) in [5, 5.41) is 16.5. The smallest absolute Gasteiger partial charge is 0.347 e. The number of hydrogen-bond donors (Lipinski definition) is 2. The van der Waals surface area contributed by atoms with Gasteiger partial charge in [-0.15, -0.1) is 24.8 Å². The van der Waals surface area contributed by atoms with Crippen LogP contribution in [0.5, 0.6) is 0 Å². The molecule has 0 fully saturated rings. The van der Waals surface area contributed by atoms with Gasteiger partial charge in [-0.2, -0.15) is 13.5 Å². The highest BCUT2D eigenvalue weighted by atomic mass is 35.5. The zero-order chi connectivity index (χ0) is 23.3. The number of halogens is 7. The number of hydrogen-bond acceptors (Lipinski definition) is 5. The number of aromatic nitrogens is 3. The first-order valence-electron chi connectivity index (χ1n) is 9.18. The van der Waals surface area contributed by atoms with Gasteiger partial charge in [0.25, 0.3) is 5.69 Å². The van der Waals surface area contributed by atoms with Gasteiger partial charge >= 0.3 is 5.92 Å². The summed E-state index contributed by atoms with van der Waals surface area (Å²) in [6, 6.07) is 6.79. The van der Waals surface area contributed by atoms with Gasteiger partial charge in [-0.1, -0.05) is 30.6 Å². The molecule has 0 aliphatic heterocycles. The lowest BCUT2D eigenvalue weighted by Crippen LogP contribution is -2.41. The second-order valence-electron chi connectivity index (χ2n) is 6.60. The summed E-state index contributed by atoms with van der Waals surface area (Å²) >= 11 is 11.9. The third-order valence-corrected chi connectivity index (χ3v) is 5.04. The van der Waals surface area contributed by atoms with Gasteiger partial charge in [0.1, 0.15) is 0 Å². The van der Waals surface area contributed by atoms with E-state index >= 15 is 0 Å². The lowest BCUT2D eigenvalue weighted by Gasteiger charge is -2.17. The Kier molecular flexibility index (Phi) is 13.1. The van der Waals surface area contributed by atoms with E-state index in [1.54, 1.807) is 12.1 Å². The fourth-order valence-corrected chi connectivity index (χ4v) is 3.13. The van der Waals surface area contributed by atoms with Crippen LogP contribution >= 0.6 is 48.0 Å². The van der Waals surface area contributed by atoms with E-state index in [0.717, 1.165) is 18.5 Å². The van der Waals surface area contributed by atoms with E-state index in [2.05, 4.69) is 20.6 Å². The van der Waals surface area contributed by atoms with Crippen LogP contribution in [0.3, 0.4) is 0 Å². The number of carbonyl (C=O) groups is 1. The molecule has 0 atom stereocenters. The second-order valence-corrected chi connectivity index (χ2v) is 7.42. The molecule has 0 aliphatic carbocycles. The van der Waals surface area contributed by atoms with E-state index in [4.69, 9.17) is 23.2 Å². The van der Waals surface area contributed by atoms with Gasteiger partial charge in [0.05, 0.1) is 35.2 Å². The van der Waals surface area contributed by atoms with E-state index in [1.807, 2.05) is 0 Å². The predicted molar refractivity (Wildman–Crippen MR) is 133 cm³/mol. The van der Waals surface area contributed by atoms with Gasteiger partial charge in [-0.25, -0.2) is 9.37 Å². The normalized spacial score (nSPS) is 10.3. The Balaban J connectivity index is 0.00000385. The van der Waals surface area contributed by atoms with Crippen molar-refractivity contribution in [3.63, 3.8) is 0 Å². The van der Waals surface area contributed by atoms with E-state index in [1.165, 1.54) is 18.3 Å². The second kappa shape index (κ2) is 14.1. The zero-order valence-electron chi connectivity index (χ0n) is 17.1. The van der Waals surface area contributed by atoms with Crippen LogP contribution in [0, 0.1) is 11.0 Å². The molecule has 3 aromatic rings. The number of pyridine rings is 3. The van der Waals surface area contributed by atoms with Crippen molar-refractivity contribution in [3.05, 3.63) is 86.9 Å². The molecule has 0 unspecified atom stereocenters. The average molecular weight is 575 g/mol. The van der Waals surface area contributed by atoms with Gasteiger partial charge in [-0.05, 0) is 18.2 Å². The predicted octanol–water partition coefficient (Wildman–Crippen LogP) is 5.10. The molecule has 0 aliphatic rings. The van der Waals surface area contributed by atoms with Crippen molar-refractivity contribution < 1.29 is 22.7 Å². The first-order chi connectivity index (χ1) is 15.2. The summed E-state index contributed by atoms with van der Waals surface area (Å²) in [4.78, 5) is 19.9. The number of rotatable bonds is 8. The van der Waals surface area contributed by atoms with Crippen molar-refractivity contribution in [1.29, 1.82) is 0 Å². The van der Waals surface area contributed by atoms with E-state index in [0.29, 0.717) is 10.7 Å². The van der Waals surface area contributed by atoms with E-state index in [9.17, 15) is 23.2 Å². The molecule has 3 rings (SSSR count). The number of nitrogens with zero attached hydrogens (tertiary/aromatic N) is 3. The quantitative estimate of drug-likeness (QED) is 0.288. The van der Waals surface area contributed by atoms with Crippen LogP contribution in [0.4, 0.5) is 19.0 Å². The average Bonchev–Trinajstić information content (AvgIpc) is 2.75. The third kappa shape index (κ3) is 8.28. The minimum Gasteiger partial charge on any atom is -0.618 e. The summed E-state index contributed by atoms with van der Waals surface area (Å²) in [5.41, 5.74) is -0.615. The molecule has 192 valence electrons. The van der Waals surface area contributed by atoms with Crippen LogP contribution in [-0.4, -0.2) is 22.4 Å². The van der Waals surface area contributed by atoms with Crippen molar-refractivity contribution in [3.8, 4) is 0 Å². The lowest BCUT2D eigenvalue weighted by atomic mass is 10.1. The fraction of sp³-hybridized carbons (Fsp3) is 0.238. The first kappa shape index (κ1) is 32.5. The Hall–Kier alpha value is -2.53. The summed E-state index contributed by atoms with van der Waals surface area (Å²) in [6.45, 7) is -1.10. The van der Waals surface area contributed by atoms with Gasteiger partial charge in [0.15, 0.2) is 17.8 Å². The molecule has 14 heteroatoms. The highest BCUT2D eigenvalue weighted by molar-refractivity contribution is 6.31. The maximum Gasteiger partial charge on any atom is 0.347 e. The first-order valence-corrected chi connectivity index (χ1v) is 9.94. The minimum atomic E-state index is -3.61. The third-order valence-electron chi connectivity index (χ3n) is 4.37. The van der Waals surface area contributed by atoms with Crippen LogP contribution in [-0.2, 0) is 23.7 Å². The molecular formula is C21H22Cl4F3N5O2. The van der Waals surface area contributed by atoms with Gasteiger partial charge in [0.2, 0.25) is 5.91 Å². The van der Waals surface area contributed by atoms with Crippen LogP contribution in [0.15, 0.2) is 48.9 Å². The Morgan fingerprint density at radius 3 is 2.49 bits per heavy atom. The summed E-state index contributed by atoms with van der Waals surface area (Å²) in [5.74, 6) is -5.79. The highest BCUT2D eigenvalue weighted by Gasteiger charge is 2.39. The standard InChI is InChI=1S/C20H16Cl2F3N5O2.CH4.2ClH/c21-13-4-3-6-26-15(13)10-27-17(31)8-12-14(22)9-28-19(18(12)23)29-11-20(24,25)16-5-1-2-7-30(16)32;;;/h1-7,9H,8,10-11H2,(H,27,31)(H,28,29);1H4;2*1H. The number of amides is 1. The summed E-state index contributed by atoms with van der Waals surface area (Å²) in [6.07, 6.45) is 3.01. The highest BCUT2D eigenvalue weighted by Crippen LogP contribution is 2.28. The SMILES string of the molecule is C.Cl.Cl.O=C(Cc1c(Cl)cnc(NCC(F)(F)c2cccc[n+]2[O-])c1F)NCc1ncccc1Cl. The zero-order valence-corrected chi connectivity index (χ0v) is 20.2. The van der Waals surface area contributed by atoms with Crippen LogP contribution in [0.1, 0.15) is 24.4 Å². The Bertz CT molecular complexity index is 1140. The van der Waals surface area contributed by atoms with Crippen molar-refractivity contribution in [2.75, 3.05) is 11.9 Å². The molecule has 0 saturated heterocycles. The number of nitrogens with one attached hydrogen (secondary N) is 2. The molecule has 0 radical (unpaired) electrons. The van der Waals surface area contributed by atoms with Gasteiger partial charge in [-0.3, -0.25) is 9.78 Å². The molecule has 2 N–H and O–H groups in total. The molecule has 0 bridgehead atoms. The molecule has 3 heterocycles. The molecule has 0 aromatic carbocycles. The van der Waals surface area contributed by atoms with Crippen molar-refractivity contribution in [2.45, 2.75) is 26.3 Å². The minimum absolute atomic E-state index is 0. The topological polar surface area (TPSA) is 93.9 Å². The largest absolute Gasteiger partial charge is 0.618 e. The molecule has 1 amide bonds. The Morgan fingerprint density at radius 1 is 1.11 bits per heavy atom. The lowest BCUT2D eigenvalue weighted by molar-refractivity contribution is -0.624. The fourth-order valence-electron chi connectivity index (χ4n) is 2.74. The maximum atomic E-state index is 14.8. The maximum absolute atomic E-state index is 14.8. The van der Waals surface area contributed by atoms with Crippen molar-refractivity contribution >= 4 is 59.7 Å². The monoisotopic (exact) mass is 573 g/mol. The molecule has 0 saturated carbocycles. The molecular weight excluding hydrogens is 553 g/mol. The van der Waals surface area contributed by atoms with E-state index < -0.39 is 42.1 Å². The van der Waals surface area contributed by atoms with Gasteiger partial charge < -0.3 is 15.8 Å². The Labute approximate surface area is 222 Å². The van der Waals surface area contributed by atoms with Crippen molar-refractivity contribution in [2.24, 2.45) is 0 Å². The van der Waals surface area contributed by atoms with Crippen LogP contribution in [0.25, 0.3) is 0 Å². The molecule has 35 heavy (non-hydrogen) atoms. The molecule has 7 nitrogen and oxygen atoms in total.